The van der Waals surface area contributed by atoms with Crippen LogP contribution in [0.5, 0.6) is 0 Å². The van der Waals surface area contributed by atoms with Crippen molar-refractivity contribution in [3.05, 3.63) is 16.5 Å². The zero-order chi connectivity index (χ0) is 15.6. The average Bonchev–Trinajstić information content (AvgIpc) is 2.96. The largest absolute Gasteiger partial charge is 0.379 e. The molecule has 0 saturated carbocycles. The van der Waals surface area contributed by atoms with Crippen molar-refractivity contribution >= 4 is 33.0 Å². The molecule has 0 N–H and O–H groups in total. The van der Waals surface area contributed by atoms with Gasteiger partial charge in [-0.2, -0.15) is 4.31 Å². The lowest BCUT2D eigenvalue weighted by Crippen LogP contribution is -2.44. The Bertz CT molecular complexity index is 591. The lowest BCUT2D eigenvalue weighted by molar-refractivity contribution is 0.0269. The first-order valence-electron chi connectivity index (χ1n) is 7.61. The highest BCUT2D eigenvalue weighted by Gasteiger charge is 2.31. The highest BCUT2D eigenvalue weighted by molar-refractivity contribution is 7.91. The molecule has 124 valence electrons. The van der Waals surface area contributed by atoms with E-state index >= 15 is 0 Å². The zero-order valence-corrected chi connectivity index (χ0v) is 14.8. The minimum Gasteiger partial charge on any atom is -0.379 e. The summed E-state index contributed by atoms with van der Waals surface area (Å²) in [7, 11) is -3.36. The van der Waals surface area contributed by atoms with E-state index in [1.807, 2.05) is 0 Å². The predicted octanol–water partition coefficient (Wildman–Crippen LogP) is 2.13. The van der Waals surface area contributed by atoms with Gasteiger partial charge in [0.25, 0.3) is 10.0 Å². The molecule has 0 bridgehead atoms. The van der Waals surface area contributed by atoms with E-state index in [1.165, 1.54) is 0 Å². The number of thiophene rings is 1. The number of halogens is 1. The van der Waals surface area contributed by atoms with E-state index in [0.717, 1.165) is 57.0 Å². The Morgan fingerprint density at radius 3 is 2.45 bits per heavy atom. The van der Waals surface area contributed by atoms with Crippen LogP contribution in [0.25, 0.3) is 0 Å². The topological polar surface area (TPSA) is 49.9 Å². The molecule has 2 aliphatic heterocycles. The summed E-state index contributed by atoms with van der Waals surface area (Å²) in [6, 6.07) is 3.24. The van der Waals surface area contributed by atoms with Gasteiger partial charge in [0.2, 0.25) is 0 Å². The molecule has 0 aliphatic carbocycles. The molecule has 2 fully saturated rings. The Morgan fingerprint density at radius 1 is 1.18 bits per heavy atom. The van der Waals surface area contributed by atoms with Gasteiger partial charge in [-0.15, -0.1) is 11.3 Å². The summed E-state index contributed by atoms with van der Waals surface area (Å²) < 4.78 is 32.9. The van der Waals surface area contributed by atoms with Crippen LogP contribution in [-0.2, 0) is 14.8 Å². The van der Waals surface area contributed by atoms with Crippen LogP contribution in [0.4, 0.5) is 0 Å². The standard InChI is InChI=1S/C14H21ClN2O3S2/c15-13-1-2-14(21-13)22(18,19)17-5-3-12(4-6-17)11-16-7-9-20-10-8-16/h1-2,12H,3-11H2. The Kier molecular flexibility index (Phi) is 5.42. The zero-order valence-electron chi connectivity index (χ0n) is 12.4. The van der Waals surface area contributed by atoms with Crippen molar-refractivity contribution in [1.29, 1.82) is 0 Å². The van der Waals surface area contributed by atoms with E-state index in [-0.39, 0.29) is 0 Å². The second-order valence-corrected chi connectivity index (χ2v) is 9.70. The highest BCUT2D eigenvalue weighted by Crippen LogP contribution is 2.30. The van der Waals surface area contributed by atoms with E-state index < -0.39 is 10.0 Å². The summed E-state index contributed by atoms with van der Waals surface area (Å²) in [4.78, 5) is 2.43. The molecule has 0 radical (unpaired) electrons. The number of sulfonamides is 1. The molecular formula is C14H21ClN2O3S2. The second kappa shape index (κ2) is 7.15. The fourth-order valence-electron chi connectivity index (χ4n) is 3.04. The van der Waals surface area contributed by atoms with Gasteiger partial charge in [-0.25, -0.2) is 8.42 Å². The monoisotopic (exact) mass is 364 g/mol. The molecule has 0 spiro atoms. The Hall–Kier alpha value is -0.180. The molecular weight excluding hydrogens is 344 g/mol. The summed E-state index contributed by atoms with van der Waals surface area (Å²) in [5.41, 5.74) is 0. The van der Waals surface area contributed by atoms with Crippen molar-refractivity contribution in [2.24, 2.45) is 5.92 Å². The van der Waals surface area contributed by atoms with Gasteiger partial charge >= 0.3 is 0 Å². The SMILES string of the molecule is O=S(=O)(c1ccc(Cl)s1)N1CCC(CN2CCOCC2)CC1. The third-order valence-electron chi connectivity index (χ3n) is 4.34. The Labute approximate surface area is 140 Å². The second-order valence-electron chi connectivity index (χ2n) is 5.82. The molecule has 1 aromatic rings. The molecule has 22 heavy (non-hydrogen) atoms. The van der Waals surface area contributed by atoms with Crippen LogP contribution in [0.2, 0.25) is 4.34 Å². The maximum atomic E-state index is 12.5. The van der Waals surface area contributed by atoms with E-state index in [4.69, 9.17) is 16.3 Å². The van der Waals surface area contributed by atoms with Crippen LogP contribution in [0.15, 0.2) is 16.3 Å². The molecule has 0 unspecified atom stereocenters. The molecule has 1 aromatic heterocycles. The molecule has 0 amide bonds. The van der Waals surface area contributed by atoms with Gasteiger partial charge in [0.1, 0.15) is 4.21 Å². The molecule has 3 rings (SSSR count). The quantitative estimate of drug-likeness (QED) is 0.821. The summed E-state index contributed by atoms with van der Waals surface area (Å²) in [5, 5.41) is 0. The molecule has 2 aliphatic rings. The summed E-state index contributed by atoms with van der Waals surface area (Å²) in [6.45, 7) is 5.87. The molecule has 8 heteroatoms. The molecule has 5 nitrogen and oxygen atoms in total. The van der Waals surface area contributed by atoms with Crippen LogP contribution in [0.1, 0.15) is 12.8 Å². The number of nitrogens with zero attached hydrogens (tertiary/aromatic N) is 2. The minimum atomic E-state index is -3.36. The average molecular weight is 365 g/mol. The minimum absolute atomic E-state index is 0.351. The normalized spacial score (nSPS) is 23.0. The maximum absolute atomic E-state index is 12.5. The van der Waals surface area contributed by atoms with Gasteiger partial charge in [0, 0.05) is 32.7 Å². The van der Waals surface area contributed by atoms with Gasteiger partial charge in [-0.1, -0.05) is 11.6 Å². The van der Waals surface area contributed by atoms with Crippen molar-refractivity contribution in [2.75, 3.05) is 45.9 Å². The maximum Gasteiger partial charge on any atom is 0.252 e. The highest BCUT2D eigenvalue weighted by atomic mass is 35.5. The van der Waals surface area contributed by atoms with Crippen LogP contribution in [0, 0.1) is 5.92 Å². The lowest BCUT2D eigenvalue weighted by Gasteiger charge is -2.35. The number of morpholine rings is 1. The van der Waals surface area contributed by atoms with E-state index in [9.17, 15) is 8.42 Å². The van der Waals surface area contributed by atoms with Crippen LogP contribution < -0.4 is 0 Å². The third-order valence-corrected chi connectivity index (χ3v) is 7.93. The van der Waals surface area contributed by atoms with Gasteiger partial charge < -0.3 is 4.74 Å². The fraction of sp³-hybridized carbons (Fsp3) is 0.714. The number of rotatable bonds is 4. The van der Waals surface area contributed by atoms with Crippen molar-refractivity contribution in [3.8, 4) is 0 Å². The third kappa shape index (κ3) is 3.83. The van der Waals surface area contributed by atoms with Crippen molar-refractivity contribution < 1.29 is 13.2 Å². The number of ether oxygens (including phenoxy) is 1. The van der Waals surface area contributed by atoms with Gasteiger partial charge in [0.15, 0.2) is 0 Å². The van der Waals surface area contributed by atoms with Crippen LogP contribution in [0.3, 0.4) is 0 Å². The lowest BCUT2D eigenvalue weighted by atomic mass is 9.97. The summed E-state index contributed by atoms with van der Waals surface area (Å²) >= 11 is 6.99. The van der Waals surface area contributed by atoms with Crippen molar-refractivity contribution in [3.63, 3.8) is 0 Å². The van der Waals surface area contributed by atoms with E-state index in [1.54, 1.807) is 16.4 Å². The van der Waals surface area contributed by atoms with Gasteiger partial charge in [0.05, 0.1) is 17.6 Å². The summed E-state index contributed by atoms with van der Waals surface area (Å²) in [6.07, 6.45) is 1.85. The molecule has 0 aromatic carbocycles. The van der Waals surface area contributed by atoms with E-state index in [0.29, 0.717) is 27.6 Å². The number of hydrogen-bond acceptors (Lipinski definition) is 5. The molecule has 2 saturated heterocycles. The molecule has 0 atom stereocenters. The van der Waals surface area contributed by atoms with Gasteiger partial charge in [-0.05, 0) is 30.9 Å². The Balaban J connectivity index is 1.55. The van der Waals surface area contributed by atoms with Crippen molar-refractivity contribution in [2.45, 2.75) is 17.1 Å². The first-order chi connectivity index (χ1) is 10.6. The predicted molar refractivity (Wildman–Crippen MR) is 88.1 cm³/mol. The molecule has 3 heterocycles. The summed E-state index contributed by atoms with van der Waals surface area (Å²) in [5.74, 6) is 0.580. The van der Waals surface area contributed by atoms with Crippen LogP contribution in [-0.4, -0.2) is 63.6 Å². The van der Waals surface area contributed by atoms with Crippen molar-refractivity contribution in [1.82, 2.24) is 9.21 Å². The first-order valence-corrected chi connectivity index (χ1v) is 10.2. The van der Waals surface area contributed by atoms with Gasteiger partial charge in [-0.3, -0.25) is 4.90 Å². The van der Waals surface area contributed by atoms with E-state index in [2.05, 4.69) is 4.90 Å². The van der Waals surface area contributed by atoms with Crippen LogP contribution >= 0.6 is 22.9 Å². The first kappa shape index (κ1) is 16.7. The fourth-order valence-corrected chi connectivity index (χ4v) is 6.15. The Morgan fingerprint density at radius 2 is 1.86 bits per heavy atom. The smallest absolute Gasteiger partial charge is 0.252 e. The number of hydrogen-bond donors (Lipinski definition) is 0. The number of piperidine rings is 1.